The van der Waals surface area contributed by atoms with Crippen LogP contribution >= 0.6 is 22.9 Å². The summed E-state index contributed by atoms with van der Waals surface area (Å²) in [4.78, 5) is 16.4. The minimum atomic E-state index is -0.225. The molecule has 0 atom stereocenters. The van der Waals surface area contributed by atoms with Gasteiger partial charge in [-0.2, -0.15) is 0 Å². The van der Waals surface area contributed by atoms with Crippen molar-refractivity contribution in [2.24, 2.45) is 0 Å². The van der Waals surface area contributed by atoms with Crippen LogP contribution in [0.15, 0.2) is 11.6 Å². The van der Waals surface area contributed by atoms with Gasteiger partial charge in [0.25, 0.3) is 0 Å². The van der Waals surface area contributed by atoms with E-state index >= 15 is 0 Å². The monoisotopic (exact) mass is 270 g/mol. The van der Waals surface area contributed by atoms with Crippen LogP contribution in [0.1, 0.15) is 12.1 Å². The maximum absolute atomic E-state index is 11.0. The number of thiazole rings is 1. The lowest BCUT2D eigenvalue weighted by Gasteiger charge is -1.91. The second-order valence-electron chi connectivity index (χ2n) is 3.45. The number of methoxy groups -OCH3 is 1. The molecule has 0 aliphatic rings. The predicted octanol–water partition coefficient (Wildman–Crippen LogP) is 1.43. The van der Waals surface area contributed by atoms with Gasteiger partial charge in [0.15, 0.2) is 11.4 Å². The molecule has 0 aromatic carbocycles. The average Bonchev–Trinajstić information content (AvgIpc) is 2.94. The van der Waals surface area contributed by atoms with Gasteiger partial charge in [-0.1, -0.05) is 4.68 Å². The number of carbonyl (C=O) groups excluding carboxylic acids is 1. The largest absolute Gasteiger partial charge is 0.469 e. The molecule has 2 heterocycles. The van der Waals surface area contributed by atoms with Crippen molar-refractivity contribution < 1.29 is 14.2 Å². The van der Waals surface area contributed by atoms with Crippen molar-refractivity contribution in [1.29, 1.82) is 0 Å². The SMILES string of the molecule is COC(=O)CC[n+]1cc(-c2nc(C)cs2)sn1. The first-order valence-electron chi connectivity index (χ1n) is 5.05. The van der Waals surface area contributed by atoms with Gasteiger partial charge in [-0.25, -0.2) is 4.98 Å². The van der Waals surface area contributed by atoms with Crippen LogP contribution < -0.4 is 4.68 Å². The zero-order valence-electron chi connectivity index (χ0n) is 9.54. The zero-order valence-corrected chi connectivity index (χ0v) is 11.2. The Morgan fingerprint density at radius 1 is 1.59 bits per heavy atom. The highest BCUT2D eigenvalue weighted by Crippen LogP contribution is 2.24. The van der Waals surface area contributed by atoms with Crippen LogP contribution in [0.2, 0.25) is 0 Å². The Labute approximate surface area is 107 Å². The van der Waals surface area contributed by atoms with E-state index in [1.54, 1.807) is 16.0 Å². The summed E-state index contributed by atoms with van der Waals surface area (Å²) in [6.45, 7) is 2.50. The molecule has 2 aromatic rings. The summed E-state index contributed by atoms with van der Waals surface area (Å²) in [6, 6.07) is 0. The van der Waals surface area contributed by atoms with E-state index in [4.69, 9.17) is 0 Å². The van der Waals surface area contributed by atoms with Gasteiger partial charge >= 0.3 is 5.97 Å². The third kappa shape index (κ3) is 3.07. The Hall–Kier alpha value is -1.34. The first kappa shape index (κ1) is 12.1. The third-order valence-corrected chi connectivity index (χ3v) is 4.02. The van der Waals surface area contributed by atoms with E-state index in [2.05, 4.69) is 14.2 Å². The summed E-state index contributed by atoms with van der Waals surface area (Å²) in [5.41, 5.74) is 1.01. The van der Waals surface area contributed by atoms with Gasteiger partial charge in [0.05, 0.1) is 11.6 Å². The van der Waals surface area contributed by atoms with Crippen molar-refractivity contribution in [3.8, 4) is 9.88 Å². The Morgan fingerprint density at radius 3 is 3.06 bits per heavy atom. The van der Waals surface area contributed by atoms with E-state index in [-0.39, 0.29) is 5.97 Å². The number of rotatable bonds is 4. The van der Waals surface area contributed by atoms with Gasteiger partial charge in [0.2, 0.25) is 6.20 Å². The molecule has 0 radical (unpaired) electrons. The summed E-state index contributed by atoms with van der Waals surface area (Å²) in [5, 5.41) is 2.98. The molecule has 0 amide bonds. The highest BCUT2D eigenvalue weighted by atomic mass is 32.1. The zero-order chi connectivity index (χ0) is 12.3. The molecule has 0 aliphatic heterocycles. The molecule has 5 nitrogen and oxygen atoms in total. The van der Waals surface area contributed by atoms with Gasteiger partial charge in [0, 0.05) is 22.6 Å². The van der Waals surface area contributed by atoms with Gasteiger partial charge < -0.3 is 4.74 Å². The molecule has 0 aliphatic carbocycles. The lowest BCUT2D eigenvalue weighted by Crippen LogP contribution is -2.35. The number of esters is 1. The molecular weight excluding hydrogens is 258 g/mol. The smallest absolute Gasteiger partial charge is 0.312 e. The lowest BCUT2D eigenvalue weighted by atomic mass is 10.4. The maximum Gasteiger partial charge on any atom is 0.312 e. The third-order valence-electron chi connectivity index (χ3n) is 2.11. The standard InChI is InChI=1S/C10H12N3O2S2/c1-7-6-16-10(11-7)8-5-13(12-17-8)4-3-9(14)15-2/h5-6H,3-4H2,1-2H3/q+1. The molecule has 7 heteroatoms. The molecular formula is C10H12N3O2S2+. The second kappa shape index (κ2) is 5.33. The minimum absolute atomic E-state index is 0.225. The number of ether oxygens (including phenoxy) is 1. The molecule has 90 valence electrons. The van der Waals surface area contributed by atoms with Gasteiger partial charge in [0.1, 0.15) is 11.4 Å². The van der Waals surface area contributed by atoms with E-state index in [0.717, 1.165) is 15.6 Å². The van der Waals surface area contributed by atoms with Crippen molar-refractivity contribution in [3.05, 3.63) is 17.3 Å². The minimum Gasteiger partial charge on any atom is -0.469 e. The number of aromatic nitrogens is 3. The fourth-order valence-electron chi connectivity index (χ4n) is 1.25. The van der Waals surface area contributed by atoms with E-state index in [1.807, 2.05) is 18.5 Å². The Balaban J connectivity index is 2.03. The molecule has 2 aromatic heterocycles. The van der Waals surface area contributed by atoms with Crippen molar-refractivity contribution in [3.63, 3.8) is 0 Å². The van der Waals surface area contributed by atoms with Crippen LogP contribution in [0, 0.1) is 6.92 Å². The van der Waals surface area contributed by atoms with Crippen LogP contribution in [0.5, 0.6) is 0 Å². The fraction of sp³-hybridized carbons (Fsp3) is 0.400. The van der Waals surface area contributed by atoms with E-state index in [1.165, 1.54) is 18.6 Å². The lowest BCUT2D eigenvalue weighted by molar-refractivity contribution is -0.745. The number of nitrogens with zero attached hydrogens (tertiary/aromatic N) is 3. The summed E-state index contributed by atoms with van der Waals surface area (Å²) in [6.07, 6.45) is 2.24. The van der Waals surface area contributed by atoms with Gasteiger partial charge in [-0.15, -0.1) is 11.3 Å². The summed E-state index contributed by atoms with van der Waals surface area (Å²) in [7, 11) is 1.39. The van der Waals surface area contributed by atoms with Crippen molar-refractivity contribution >= 4 is 28.8 Å². The summed E-state index contributed by atoms with van der Waals surface area (Å²) < 4.78 is 10.5. The Morgan fingerprint density at radius 2 is 2.41 bits per heavy atom. The second-order valence-corrected chi connectivity index (χ2v) is 5.09. The molecule has 17 heavy (non-hydrogen) atoms. The van der Waals surface area contributed by atoms with Crippen LogP contribution in [-0.2, 0) is 16.1 Å². The topological polar surface area (TPSA) is 56.0 Å². The van der Waals surface area contributed by atoms with Crippen molar-refractivity contribution in [2.75, 3.05) is 7.11 Å². The summed E-state index contributed by atoms with van der Waals surface area (Å²) >= 11 is 2.98. The number of hydrogen-bond acceptors (Lipinski definition) is 6. The molecule has 0 spiro atoms. The molecule has 0 unspecified atom stereocenters. The molecule has 2 rings (SSSR count). The first-order chi connectivity index (χ1) is 8.19. The number of carbonyl (C=O) groups is 1. The summed E-state index contributed by atoms with van der Waals surface area (Å²) in [5.74, 6) is -0.225. The maximum atomic E-state index is 11.0. The molecule has 0 fully saturated rings. The number of aryl methyl sites for hydroxylation is 2. The predicted molar refractivity (Wildman–Crippen MR) is 64.8 cm³/mol. The van der Waals surface area contributed by atoms with Crippen LogP contribution in [0.25, 0.3) is 9.88 Å². The van der Waals surface area contributed by atoms with Gasteiger partial charge in [-0.3, -0.25) is 4.79 Å². The van der Waals surface area contributed by atoms with Crippen LogP contribution in [0.4, 0.5) is 0 Å². The Bertz CT molecular complexity index is 521. The number of hydrogen-bond donors (Lipinski definition) is 0. The molecule has 0 N–H and O–H groups in total. The first-order valence-corrected chi connectivity index (χ1v) is 6.70. The van der Waals surface area contributed by atoms with Crippen molar-refractivity contribution in [2.45, 2.75) is 19.9 Å². The van der Waals surface area contributed by atoms with Crippen molar-refractivity contribution in [1.82, 2.24) is 9.47 Å². The highest BCUT2D eigenvalue weighted by molar-refractivity contribution is 7.18. The van der Waals surface area contributed by atoms with Crippen LogP contribution in [0.3, 0.4) is 0 Å². The molecule has 0 saturated carbocycles. The molecule has 0 bridgehead atoms. The fourth-order valence-corrected chi connectivity index (χ4v) is 2.82. The van der Waals surface area contributed by atoms with E-state index in [0.29, 0.717) is 13.0 Å². The quantitative estimate of drug-likeness (QED) is 0.623. The van der Waals surface area contributed by atoms with Crippen LogP contribution in [-0.4, -0.2) is 22.6 Å². The van der Waals surface area contributed by atoms with E-state index < -0.39 is 0 Å². The van der Waals surface area contributed by atoms with Gasteiger partial charge in [-0.05, 0) is 6.92 Å². The normalized spacial score (nSPS) is 10.5. The molecule has 0 saturated heterocycles. The Kier molecular flexibility index (Phi) is 3.80. The average molecular weight is 270 g/mol. The highest BCUT2D eigenvalue weighted by Gasteiger charge is 2.15. The van der Waals surface area contributed by atoms with E-state index in [9.17, 15) is 4.79 Å².